The number of fused-ring (bicyclic) bond motifs is 1. The Balaban J connectivity index is 1.69. The standard InChI is InChI=1S/C20H29N3O3/c1-13(2)22-18-16-7-6-8-17(15(16)9-10-21-18)25-12-14-11-23(19(24)26-14)20(3,4)5/h6-10,13-14,18,21-22H,11-12H2,1-5H3. The molecule has 6 nitrogen and oxygen atoms in total. The highest BCUT2D eigenvalue weighted by Crippen LogP contribution is 2.31. The number of carbonyl (C=O) groups excluding carboxylic acids is 1. The van der Waals surface area contributed by atoms with Gasteiger partial charge in [0.2, 0.25) is 0 Å². The molecule has 6 heteroatoms. The van der Waals surface area contributed by atoms with Crippen molar-refractivity contribution in [2.45, 2.75) is 58.5 Å². The summed E-state index contributed by atoms with van der Waals surface area (Å²) < 4.78 is 11.5. The lowest BCUT2D eigenvalue weighted by molar-refractivity contribution is 0.0992. The van der Waals surface area contributed by atoms with E-state index in [9.17, 15) is 4.79 Å². The number of cyclic esters (lactones) is 1. The number of benzene rings is 1. The van der Waals surface area contributed by atoms with Gasteiger partial charge in [-0.1, -0.05) is 12.1 Å². The van der Waals surface area contributed by atoms with Gasteiger partial charge in [-0.15, -0.1) is 0 Å². The zero-order valence-electron chi connectivity index (χ0n) is 16.2. The number of rotatable bonds is 5. The highest BCUT2D eigenvalue weighted by Gasteiger charge is 2.38. The maximum atomic E-state index is 12.0. The average Bonchev–Trinajstić information content (AvgIpc) is 2.94. The highest BCUT2D eigenvalue weighted by atomic mass is 16.6. The van der Waals surface area contributed by atoms with Crippen molar-refractivity contribution in [3.8, 4) is 5.75 Å². The molecule has 1 aromatic rings. The number of hydrogen-bond donors (Lipinski definition) is 2. The molecule has 0 radical (unpaired) electrons. The van der Waals surface area contributed by atoms with E-state index in [-0.39, 0.29) is 23.9 Å². The maximum Gasteiger partial charge on any atom is 0.410 e. The second-order valence-electron chi connectivity index (χ2n) is 8.11. The zero-order valence-corrected chi connectivity index (χ0v) is 16.2. The smallest absolute Gasteiger partial charge is 0.410 e. The predicted octanol–water partition coefficient (Wildman–Crippen LogP) is 3.26. The number of hydrogen-bond acceptors (Lipinski definition) is 5. The quantitative estimate of drug-likeness (QED) is 0.845. The van der Waals surface area contributed by atoms with E-state index in [1.165, 1.54) is 0 Å². The summed E-state index contributed by atoms with van der Waals surface area (Å²) in [7, 11) is 0. The summed E-state index contributed by atoms with van der Waals surface area (Å²) in [5, 5.41) is 6.83. The van der Waals surface area contributed by atoms with Crippen molar-refractivity contribution in [2.75, 3.05) is 13.2 Å². The molecule has 2 N–H and O–H groups in total. The fourth-order valence-electron chi connectivity index (χ4n) is 3.24. The normalized spacial score (nSPS) is 22.2. The molecule has 1 aromatic carbocycles. The molecule has 3 rings (SSSR count). The number of nitrogens with zero attached hydrogens (tertiary/aromatic N) is 1. The molecule has 2 aliphatic heterocycles. The Bertz CT molecular complexity index is 694. The summed E-state index contributed by atoms with van der Waals surface area (Å²) >= 11 is 0. The van der Waals surface area contributed by atoms with Gasteiger partial charge in [-0.25, -0.2) is 4.79 Å². The fourth-order valence-corrected chi connectivity index (χ4v) is 3.24. The molecule has 0 saturated carbocycles. The van der Waals surface area contributed by atoms with Crippen molar-refractivity contribution in [2.24, 2.45) is 0 Å². The van der Waals surface area contributed by atoms with Crippen LogP contribution in [-0.4, -0.2) is 41.8 Å². The molecule has 0 bridgehead atoms. The van der Waals surface area contributed by atoms with Gasteiger partial charge in [0.1, 0.15) is 18.5 Å². The first-order chi connectivity index (χ1) is 12.3. The highest BCUT2D eigenvalue weighted by molar-refractivity contribution is 5.71. The van der Waals surface area contributed by atoms with E-state index in [0.29, 0.717) is 19.2 Å². The lowest BCUT2D eigenvalue weighted by atomic mass is 10.0. The summed E-state index contributed by atoms with van der Waals surface area (Å²) in [6, 6.07) is 6.40. The van der Waals surface area contributed by atoms with Crippen molar-refractivity contribution in [1.82, 2.24) is 15.5 Å². The van der Waals surface area contributed by atoms with Gasteiger partial charge < -0.3 is 14.8 Å². The molecule has 26 heavy (non-hydrogen) atoms. The van der Waals surface area contributed by atoms with Gasteiger partial charge in [0.25, 0.3) is 0 Å². The first-order valence-corrected chi connectivity index (χ1v) is 9.18. The summed E-state index contributed by atoms with van der Waals surface area (Å²) in [6.45, 7) is 11.1. The minimum absolute atomic E-state index is 0.0549. The van der Waals surface area contributed by atoms with Crippen LogP contribution in [0.25, 0.3) is 6.08 Å². The Labute approximate surface area is 155 Å². The van der Waals surface area contributed by atoms with E-state index < -0.39 is 0 Å². The molecule has 0 spiro atoms. The van der Waals surface area contributed by atoms with Gasteiger partial charge in [-0.05, 0) is 58.5 Å². The first-order valence-electron chi connectivity index (χ1n) is 9.18. The Morgan fingerprint density at radius 3 is 2.81 bits per heavy atom. The van der Waals surface area contributed by atoms with Crippen LogP contribution in [0.4, 0.5) is 4.79 Å². The van der Waals surface area contributed by atoms with Crippen LogP contribution in [-0.2, 0) is 4.74 Å². The zero-order chi connectivity index (χ0) is 18.9. The molecule has 0 aliphatic carbocycles. The van der Waals surface area contributed by atoms with E-state index in [0.717, 1.165) is 16.9 Å². The molecule has 2 atom stereocenters. The van der Waals surface area contributed by atoms with Crippen molar-refractivity contribution in [1.29, 1.82) is 0 Å². The van der Waals surface area contributed by atoms with E-state index in [4.69, 9.17) is 9.47 Å². The summed E-state index contributed by atoms with van der Waals surface area (Å²) in [5.41, 5.74) is 1.96. The van der Waals surface area contributed by atoms with Crippen molar-refractivity contribution < 1.29 is 14.3 Å². The van der Waals surface area contributed by atoms with Gasteiger partial charge in [0.05, 0.1) is 6.54 Å². The molecule has 2 unspecified atom stereocenters. The van der Waals surface area contributed by atoms with Crippen LogP contribution in [0.1, 0.15) is 51.9 Å². The van der Waals surface area contributed by atoms with E-state index in [2.05, 4.69) is 30.5 Å². The third kappa shape index (κ3) is 3.96. The van der Waals surface area contributed by atoms with Crippen LogP contribution in [0.5, 0.6) is 5.75 Å². The summed E-state index contributed by atoms with van der Waals surface area (Å²) in [6.07, 6.45) is 3.48. The third-order valence-electron chi connectivity index (χ3n) is 4.53. The Hall–Kier alpha value is -2.21. The average molecular weight is 359 g/mol. The SMILES string of the molecule is CC(C)NC1NC=Cc2c(OCC3CN(C(C)(C)C)C(=O)O3)cccc21. The molecule has 1 saturated heterocycles. The lowest BCUT2D eigenvalue weighted by Crippen LogP contribution is -2.42. The fraction of sp³-hybridized carbons (Fsp3) is 0.550. The summed E-state index contributed by atoms with van der Waals surface area (Å²) in [4.78, 5) is 13.8. The largest absolute Gasteiger partial charge is 0.489 e. The topological polar surface area (TPSA) is 62.8 Å². The molecule has 2 heterocycles. The van der Waals surface area contributed by atoms with Crippen LogP contribution in [0.3, 0.4) is 0 Å². The monoisotopic (exact) mass is 359 g/mol. The van der Waals surface area contributed by atoms with Crippen LogP contribution in [0.2, 0.25) is 0 Å². The van der Waals surface area contributed by atoms with Crippen LogP contribution in [0, 0.1) is 0 Å². The number of amides is 1. The minimum Gasteiger partial charge on any atom is -0.489 e. The van der Waals surface area contributed by atoms with Crippen molar-refractivity contribution in [3.05, 3.63) is 35.5 Å². The minimum atomic E-state index is -0.272. The van der Waals surface area contributed by atoms with E-state index >= 15 is 0 Å². The van der Waals surface area contributed by atoms with E-state index in [1.807, 2.05) is 45.2 Å². The van der Waals surface area contributed by atoms with Gasteiger partial charge in [0.15, 0.2) is 6.10 Å². The molecule has 1 fully saturated rings. The first kappa shape index (κ1) is 18.6. The second-order valence-corrected chi connectivity index (χ2v) is 8.11. The molecule has 1 amide bonds. The summed E-state index contributed by atoms with van der Waals surface area (Å²) in [5.74, 6) is 0.807. The molecule has 0 aromatic heterocycles. The van der Waals surface area contributed by atoms with Crippen LogP contribution < -0.4 is 15.4 Å². The lowest BCUT2D eigenvalue weighted by Gasteiger charge is -2.29. The van der Waals surface area contributed by atoms with Crippen molar-refractivity contribution in [3.63, 3.8) is 0 Å². The van der Waals surface area contributed by atoms with Crippen LogP contribution in [0.15, 0.2) is 24.4 Å². The van der Waals surface area contributed by atoms with Crippen molar-refractivity contribution >= 4 is 12.2 Å². The predicted molar refractivity (Wildman–Crippen MR) is 102 cm³/mol. The number of nitrogens with one attached hydrogen (secondary N) is 2. The van der Waals surface area contributed by atoms with E-state index in [1.54, 1.807) is 4.90 Å². The third-order valence-corrected chi connectivity index (χ3v) is 4.53. The van der Waals surface area contributed by atoms with Gasteiger partial charge in [-0.3, -0.25) is 10.2 Å². The second kappa shape index (κ2) is 7.19. The Morgan fingerprint density at radius 2 is 2.15 bits per heavy atom. The molecular formula is C20H29N3O3. The van der Waals surface area contributed by atoms with Gasteiger partial charge in [0, 0.05) is 17.1 Å². The van der Waals surface area contributed by atoms with Gasteiger partial charge >= 0.3 is 6.09 Å². The maximum absolute atomic E-state index is 12.0. The Kier molecular flexibility index (Phi) is 5.14. The number of carbonyl (C=O) groups is 1. The molecule has 142 valence electrons. The van der Waals surface area contributed by atoms with Gasteiger partial charge in [-0.2, -0.15) is 0 Å². The molecule has 2 aliphatic rings. The van der Waals surface area contributed by atoms with Crippen LogP contribution >= 0.6 is 0 Å². The number of ether oxygens (including phenoxy) is 2. The molecular weight excluding hydrogens is 330 g/mol. The Morgan fingerprint density at radius 1 is 1.38 bits per heavy atom.